The van der Waals surface area contributed by atoms with Gasteiger partial charge in [0.1, 0.15) is 23.0 Å². The zero-order valence-electron chi connectivity index (χ0n) is 13.2. The molecule has 0 fully saturated rings. The Morgan fingerprint density at radius 3 is 2.08 bits per heavy atom. The lowest BCUT2D eigenvalue weighted by molar-refractivity contribution is 0.0223. The van der Waals surface area contributed by atoms with Crippen molar-refractivity contribution in [2.24, 2.45) is 0 Å². The van der Waals surface area contributed by atoms with Gasteiger partial charge in [0.15, 0.2) is 5.60 Å². The first kappa shape index (κ1) is 15.5. The Morgan fingerprint density at radius 2 is 1.46 bits per heavy atom. The number of benzene rings is 3. The number of hydrogen-bond donors (Lipinski definition) is 2. The number of halogens is 1. The second-order valence-corrected chi connectivity index (χ2v) is 7.36. The Bertz CT molecular complexity index is 1050. The van der Waals surface area contributed by atoms with Gasteiger partial charge in [0.25, 0.3) is 0 Å². The molecule has 0 atom stereocenters. The van der Waals surface area contributed by atoms with E-state index in [1.165, 1.54) is 24.3 Å². The van der Waals surface area contributed by atoms with Crippen LogP contribution in [0.25, 0.3) is 0 Å². The third-order valence-electron chi connectivity index (χ3n) is 4.75. The van der Waals surface area contributed by atoms with Crippen LogP contribution >= 0.6 is 22.6 Å². The maximum Gasteiger partial charge on any atom is 0.341 e. The summed E-state index contributed by atoms with van der Waals surface area (Å²) in [7, 11) is 0. The van der Waals surface area contributed by atoms with Crippen molar-refractivity contribution >= 4 is 28.6 Å². The van der Waals surface area contributed by atoms with E-state index in [0.717, 1.165) is 9.13 Å². The van der Waals surface area contributed by atoms with Gasteiger partial charge in [-0.25, -0.2) is 4.79 Å². The van der Waals surface area contributed by atoms with Crippen molar-refractivity contribution in [1.82, 2.24) is 0 Å². The summed E-state index contributed by atoms with van der Waals surface area (Å²) in [6.07, 6.45) is 0. The molecular formula is C20H11IO5. The summed E-state index contributed by atoms with van der Waals surface area (Å²) in [5.74, 6) is 0.416. The van der Waals surface area contributed by atoms with Crippen LogP contribution in [0.4, 0.5) is 0 Å². The zero-order valence-corrected chi connectivity index (χ0v) is 15.4. The second-order valence-electron chi connectivity index (χ2n) is 6.20. The summed E-state index contributed by atoms with van der Waals surface area (Å²) >= 11 is 2.12. The van der Waals surface area contributed by atoms with Crippen molar-refractivity contribution in [3.8, 4) is 23.0 Å². The van der Waals surface area contributed by atoms with E-state index in [-0.39, 0.29) is 11.5 Å². The zero-order chi connectivity index (χ0) is 18.1. The summed E-state index contributed by atoms with van der Waals surface area (Å²) in [4.78, 5) is 12.7. The summed E-state index contributed by atoms with van der Waals surface area (Å²) in [6, 6.07) is 15.0. The van der Waals surface area contributed by atoms with Crippen LogP contribution in [0.1, 0.15) is 27.0 Å². The number of phenolic OH excluding ortho intramolecular Hbond substituents is 2. The van der Waals surface area contributed by atoms with Crippen molar-refractivity contribution in [3.05, 3.63) is 80.4 Å². The lowest BCUT2D eigenvalue weighted by atomic mass is 9.77. The number of phenols is 2. The highest BCUT2D eigenvalue weighted by atomic mass is 127. The molecule has 6 heteroatoms. The summed E-state index contributed by atoms with van der Waals surface area (Å²) in [5, 5.41) is 19.8. The van der Waals surface area contributed by atoms with Crippen LogP contribution in [0.3, 0.4) is 0 Å². The van der Waals surface area contributed by atoms with Gasteiger partial charge in [0.05, 0.1) is 5.56 Å². The number of rotatable bonds is 0. The van der Waals surface area contributed by atoms with E-state index < -0.39 is 11.6 Å². The van der Waals surface area contributed by atoms with Crippen LogP contribution in [-0.2, 0) is 10.3 Å². The van der Waals surface area contributed by atoms with Gasteiger partial charge in [-0.05, 0) is 52.9 Å². The molecule has 0 bridgehead atoms. The molecule has 2 N–H and O–H groups in total. The predicted molar refractivity (Wildman–Crippen MR) is 101 cm³/mol. The minimum Gasteiger partial charge on any atom is -0.508 e. The van der Waals surface area contributed by atoms with Crippen molar-refractivity contribution < 1.29 is 24.5 Å². The van der Waals surface area contributed by atoms with E-state index in [0.29, 0.717) is 28.2 Å². The molecule has 2 aliphatic heterocycles. The smallest absolute Gasteiger partial charge is 0.341 e. The Morgan fingerprint density at radius 1 is 0.846 bits per heavy atom. The molecule has 0 unspecified atom stereocenters. The van der Waals surface area contributed by atoms with Crippen LogP contribution in [0, 0.1) is 3.57 Å². The van der Waals surface area contributed by atoms with Crippen molar-refractivity contribution in [3.63, 3.8) is 0 Å². The number of fused-ring (bicyclic) bond motifs is 6. The minimum atomic E-state index is -1.18. The van der Waals surface area contributed by atoms with Crippen LogP contribution in [-0.4, -0.2) is 16.2 Å². The van der Waals surface area contributed by atoms with Gasteiger partial charge in [-0.1, -0.05) is 12.1 Å². The van der Waals surface area contributed by atoms with E-state index in [9.17, 15) is 15.0 Å². The lowest BCUT2D eigenvalue weighted by Crippen LogP contribution is -2.32. The maximum atomic E-state index is 12.7. The minimum absolute atomic E-state index is 0.0368. The lowest BCUT2D eigenvalue weighted by Gasteiger charge is -2.36. The van der Waals surface area contributed by atoms with E-state index in [1.807, 2.05) is 18.2 Å². The number of carbonyl (C=O) groups excluding carboxylic acids is 1. The van der Waals surface area contributed by atoms with Gasteiger partial charge < -0.3 is 19.7 Å². The molecule has 0 aliphatic carbocycles. The van der Waals surface area contributed by atoms with Crippen LogP contribution < -0.4 is 4.74 Å². The SMILES string of the molecule is O=C1OC2(c3ccc(O)cc3Oc3cc(O)ccc32)c2cccc(I)c21. The Hall–Kier alpha value is -2.74. The Kier molecular flexibility index (Phi) is 3.06. The summed E-state index contributed by atoms with van der Waals surface area (Å²) in [6.45, 7) is 0. The van der Waals surface area contributed by atoms with Gasteiger partial charge in [0.2, 0.25) is 0 Å². The molecule has 0 saturated carbocycles. The molecule has 0 radical (unpaired) electrons. The molecule has 2 heterocycles. The molecule has 26 heavy (non-hydrogen) atoms. The van der Waals surface area contributed by atoms with Gasteiger partial charge in [0, 0.05) is 32.4 Å². The first-order valence-electron chi connectivity index (χ1n) is 7.88. The number of carbonyl (C=O) groups is 1. The molecule has 0 saturated heterocycles. The van der Waals surface area contributed by atoms with Gasteiger partial charge in [-0.15, -0.1) is 0 Å². The molecule has 128 valence electrons. The van der Waals surface area contributed by atoms with Crippen molar-refractivity contribution in [2.75, 3.05) is 0 Å². The van der Waals surface area contributed by atoms with E-state index in [1.54, 1.807) is 12.1 Å². The Labute approximate surface area is 162 Å². The van der Waals surface area contributed by atoms with E-state index in [4.69, 9.17) is 9.47 Å². The molecule has 5 nitrogen and oxygen atoms in total. The topological polar surface area (TPSA) is 76.0 Å². The fourth-order valence-electron chi connectivity index (χ4n) is 3.71. The highest BCUT2D eigenvalue weighted by molar-refractivity contribution is 14.1. The first-order valence-corrected chi connectivity index (χ1v) is 8.96. The maximum absolute atomic E-state index is 12.7. The quantitative estimate of drug-likeness (QED) is 0.389. The molecule has 1 spiro atoms. The van der Waals surface area contributed by atoms with Gasteiger partial charge >= 0.3 is 5.97 Å². The van der Waals surface area contributed by atoms with Crippen molar-refractivity contribution in [1.29, 1.82) is 0 Å². The third kappa shape index (κ3) is 1.87. The molecule has 5 rings (SSSR count). The normalized spacial score (nSPS) is 15.7. The summed E-state index contributed by atoms with van der Waals surface area (Å²) in [5.41, 5.74) is 1.31. The molecule has 3 aromatic rings. The largest absolute Gasteiger partial charge is 0.508 e. The summed E-state index contributed by atoms with van der Waals surface area (Å²) < 4.78 is 12.7. The highest BCUT2D eigenvalue weighted by Gasteiger charge is 2.54. The Balaban J connectivity index is 1.92. The van der Waals surface area contributed by atoms with Gasteiger partial charge in [-0.2, -0.15) is 0 Å². The molecule has 0 amide bonds. The van der Waals surface area contributed by atoms with E-state index in [2.05, 4.69) is 22.6 Å². The molecular weight excluding hydrogens is 447 g/mol. The standard InChI is InChI=1S/C20H11IO5/c21-15-3-1-2-14-18(15)19(24)26-20(14)12-6-4-10(22)8-16(12)25-17-9-11(23)5-7-13(17)20/h1-9,22-23H. The molecule has 0 aromatic heterocycles. The highest BCUT2D eigenvalue weighted by Crippen LogP contribution is 2.57. The van der Waals surface area contributed by atoms with Gasteiger partial charge in [-0.3, -0.25) is 0 Å². The average molecular weight is 458 g/mol. The monoisotopic (exact) mass is 458 g/mol. The second kappa shape index (κ2) is 5.14. The molecule has 2 aliphatic rings. The first-order chi connectivity index (χ1) is 12.5. The van der Waals surface area contributed by atoms with Crippen LogP contribution in [0.15, 0.2) is 54.6 Å². The number of ether oxygens (including phenoxy) is 2. The fraction of sp³-hybridized carbons (Fsp3) is 0.0500. The fourth-order valence-corrected chi connectivity index (χ4v) is 4.42. The number of hydrogen-bond acceptors (Lipinski definition) is 5. The van der Waals surface area contributed by atoms with Crippen LogP contribution in [0.2, 0.25) is 0 Å². The third-order valence-corrected chi connectivity index (χ3v) is 5.65. The van der Waals surface area contributed by atoms with E-state index >= 15 is 0 Å². The number of esters is 1. The predicted octanol–water partition coefficient (Wildman–Crippen LogP) is 4.27. The van der Waals surface area contributed by atoms with Crippen molar-refractivity contribution in [2.45, 2.75) is 5.60 Å². The van der Waals surface area contributed by atoms with Crippen LogP contribution in [0.5, 0.6) is 23.0 Å². The molecule has 3 aromatic carbocycles. The average Bonchev–Trinajstić information content (AvgIpc) is 2.89. The number of aromatic hydroxyl groups is 2.